The molecule has 0 saturated carbocycles. The number of carbonyl (C=O) groups is 1. The quantitative estimate of drug-likeness (QED) is 0.850. The first-order valence-corrected chi connectivity index (χ1v) is 7.40. The number of hydrogen-bond acceptors (Lipinski definition) is 1. The molecule has 0 aliphatic carbocycles. The number of rotatable bonds is 5. The fraction of sp³-hybridized carbons (Fsp3) is 0.438. The summed E-state index contributed by atoms with van der Waals surface area (Å²) in [4.78, 5) is 11.5. The molecule has 0 atom stereocenters. The number of carboxylic acids is 1. The van der Waals surface area contributed by atoms with Gasteiger partial charge in [-0.2, -0.15) is 0 Å². The Labute approximate surface area is 124 Å². The van der Waals surface area contributed by atoms with Crippen LogP contribution in [0.1, 0.15) is 55.5 Å². The molecule has 0 aliphatic rings. The van der Waals surface area contributed by atoms with Gasteiger partial charge in [-0.15, -0.1) is 0 Å². The largest absolute Gasteiger partial charge is 0.478 e. The SMILES string of the molecule is CCCCn1c(Cl)c(C(=O)O)c2cc(C(C)C)ccc21. The Morgan fingerprint density at radius 2 is 2.10 bits per heavy atom. The minimum atomic E-state index is -0.962. The minimum absolute atomic E-state index is 0.222. The molecule has 4 heteroatoms. The van der Waals surface area contributed by atoms with Gasteiger partial charge in [-0.3, -0.25) is 0 Å². The van der Waals surface area contributed by atoms with Gasteiger partial charge in [-0.25, -0.2) is 4.79 Å². The van der Waals surface area contributed by atoms with Gasteiger partial charge in [0.1, 0.15) is 10.7 Å². The zero-order chi connectivity index (χ0) is 14.9. The lowest BCUT2D eigenvalue weighted by atomic mass is 10.0. The molecular weight excluding hydrogens is 274 g/mol. The van der Waals surface area contributed by atoms with Crippen molar-refractivity contribution in [3.63, 3.8) is 0 Å². The summed E-state index contributed by atoms with van der Waals surface area (Å²) in [6, 6.07) is 5.99. The molecule has 0 aliphatic heterocycles. The molecule has 0 amide bonds. The molecule has 1 aromatic heterocycles. The molecule has 2 rings (SSSR count). The predicted octanol–water partition coefficient (Wildman–Crippen LogP) is 4.92. The summed E-state index contributed by atoms with van der Waals surface area (Å²) in [6.07, 6.45) is 2.02. The molecule has 108 valence electrons. The Morgan fingerprint density at radius 1 is 1.40 bits per heavy atom. The fourth-order valence-corrected chi connectivity index (χ4v) is 2.80. The highest BCUT2D eigenvalue weighted by atomic mass is 35.5. The first kappa shape index (κ1) is 14.9. The Bertz CT molecular complexity index is 643. The summed E-state index contributed by atoms with van der Waals surface area (Å²) in [5.41, 5.74) is 2.26. The van der Waals surface area contributed by atoms with Crippen molar-refractivity contribution >= 4 is 28.5 Å². The van der Waals surface area contributed by atoms with Crippen LogP contribution in [0.25, 0.3) is 10.9 Å². The van der Waals surface area contributed by atoms with E-state index in [-0.39, 0.29) is 5.56 Å². The molecule has 0 fully saturated rings. The summed E-state index contributed by atoms with van der Waals surface area (Å²) in [5.74, 6) is -0.602. The molecule has 0 radical (unpaired) electrons. The topological polar surface area (TPSA) is 42.2 Å². The van der Waals surface area contributed by atoms with Crippen LogP contribution in [0.4, 0.5) is 0 Å². The first-order chi connectivity index (χ1) is 9.47. The van der Waals surface area contributed by atoms with E-state index in [1.165, 1.54) is 0 Å². The van der Waals surface area contributed by atoms with Gasteiger partial charge in [0.25, 0.3) is 0 Å². The normalized spacial score (nSPS) is 11.4. The Kier molecular flexibility index (Phi) is 4.39. The predicted molar refractivity (Wildman–Crippen MR) is 82.9 cm³/mol. The van der Waals surface area contributed by atoms with Gasteiger partial charge < -0.3 is 9.67 Å². The second kappa shape index (κ2) is 5.88. The van der Waals surface area contributed by atoms with Gasteiger partial charge in [0.05, 0.1) is 5.52 Å². The smallest absolute Gasteiger partial charge is 0.339 e. The van der Waals surface area contributed by atoms with Gasteiger partial charge in [0.2, 0.25) is 0 Å². The van der Waals surface area contributed by atoms with Crippen LogP contribution in [-0.4, -0.2) is 15.6 Å². The molecule has 0 unspecified atom stereocenters. The number of fused-ring (bicyclic) bond motifs is 1. The van der Waals surface area contributed by atoms with Gasteiger partial charge in [0.15, 0.2) is 0 Å². The maximum Gasteiger partial charge on any atom is 0.339 e. The molecule has 0 spiro atoms. The summed E-state index contributed by atoms with van der Waals surface area (Å²) in [7, 11) is 0. The molecule has 2 aromatic rings. The number of hydrogen-bond donors (Lipinski definition) is 1. The van der Waals surface area contributed by atoms with Crippen LogP contribution >= 0.6 is 11.6 Å². The van der Waals surface area contributed by atoms with Crippen LogP contribution in [0.2, 0.25) is 5.15 Å². The van der Waals surface area contributed by atoms with Gasteiger partial charge in [0, 0.05) is 11.9 Å². The average Bonchev–Trinajstić information content (AvgIpc) is 2.67. The highest BCUT2D eigenvalue weighted by Gasteiger charge is 2.21. The van der Waals surface area contributed by atoms with E-state index >= 15 is 0 Å². The number of halogens is 1. The van der Waals surface area contributed by atoms with Crippen molar-refractivity contribution in [1.29, 1.82) is 0 Å². The number of unbranched alkanes of at least 4 members (excludes halogenated alkanes) is 1. The molecular formula is C16H20ClNO2. The van der Waals surface area contributed by atoms with E-state index in [0.29, 0.717) is 11.1 Å². The van der Waals surface area contributed by atoms with E-state index in [9.17, 15) is 9.90 Å². The van der Waals surface area contributed by atoms with Crippen molar-refractivity contribution < 1.29 is 9.90 Å². The highest BCUT2D eigenvalue weighted by molar-refractivity contribution is 6.35. The van der Waals surface area contributed by atoms with Gasteiger partial charge in [-0.05, 0) is 30.0 Å². The average molecular weight is 294 g/mol. The lowest BCUT2D eigenvalue weighted by molar-refractivity contribution is 0.0699. The fourth-order valence-electron chi connectivity index (χ4n) is 2.44. The van der Waals surface area contributed by atoms with Crippen LogP contribution in [0.3, 0.4) is 0 Å². The summed E-state index contributed by atoms with van der Waals surface area (Å²) >= 11 is 6.30. The van der Waals surface area contributed by atoms with E-state index < -0.39 is 5.97 Å². The van der Waals surface area contributed by atoms with Crippen LogP contribution in [-0.2, 0) is 6.54 Å². The lowest BCUT2D eigenvalue weighted by Gasteiger charge is -2.08. The number of carboxylic acid groups (broad SMARTS) is 1. The summed E-state index contributed by atoms with van der Waals surface area (Å²) in [5, 5.41) is 10.5. The van der Waals surface area contributed by atoms with Crippen molar-refractivity contribution in [3.8, 4) is 0 Å². The number of benzene rings is 1. The molecule has 1 N–H and O–H groups in total. The Hall–Kier alpha value is -1.48. The second-order valence-corrected chi connectivity index (χ2v) is 5.77. The van der Waals surface area contributed by atoms with E-state index in [0.717, 1.165) is 35.9 Å². The van der Waals surface area contributed by atoms with Crippen molar-refractivity contribution in [2.75, 3.05) is 0 Å². The van der Waals surface area contributed by atoms with Crippen molar-refractivity contribution in [2.24, 2.45) is 0 Å². The maximum atomic E-state index is 11.5. The second-order valence-electron chi connectivity index (χ2n) is 5.41. The molecule has 1 heterocycles. The molecule has 3 nitrogen and oxygen atoms in total. The molecule has 0 bridgehead atoms. The zero-order valence-corrected chi connectivity index (χ0v) is 12.9. The number of aromatic carboxylic acids is 1. The third kappa shape index (κ3) is 2.55. The molecule has 20 heavy (non-hydrogen) atoms. The van der Waals surface area contributed by atoms with Crippen LogP contribution in [0.5, 0.6) is 0 Å². The Balaban J connectivity index is 2.69. The van der Waals surface area contributed by atoms with Gasteiger partial charge >= 0.3 is 5.97 Å². The monoisotopic (exact) mass is 293 g/mol. The van der Waals surface area contributed by atoms with Crippen molar-refractivity contribution in [1.82, 2.24) is 4.57 Å². The van der Waals surface area contributed by atoms with Crippen LogP contribution in [0.15, 0.2) is 18.2 Å². The summed E-state index contributed by atoms with van der Waals surface area (Å²) in [6.45, 7) is 7.04. The number of aromatic nitrogens is 1. The number of nitrogens with zero attached hydrogens (tertiary/aromatic N) is 1. The van der Waals surface area contributed by atoms with E-state index in [1.54, 1.807) is 0 Å². The number of aryl methyl sites for hydroxylation is 1. The zero-order valence-electron chi connectivity index (χ0n) is 12.1. The third-order valence-electron chi connectivity index (χ3n) is 3.64. The van der Waals surface area contributed by atoms with Gasteiger partial charge in [-0.1, -0.05) is 44.9 Å². The first-order valence-electron chi connectivity index (χ1n) is 7.02. The lowest BCUT2D eigenvalue weighted by Crippen LogP contribution is -2.00. The van der Waals surface area contributed by atoms with Crippen LogP contribution in [0, 0.1) is 0 Å². The maximum absolute atomic E-state index is 11.5. The van der Waals surface area contributed by atoms with E-state index in [4.69, 9.17) is 11.6 Å². The van der Waals surface area contributed by atoms with E-state index in [2.05, 4.69) is 26.8 Å². The minimum Gasteiger partial charge on any atom is -0.478 e. The molecule has 1 aromatic carbocycles. The van der Waals surface area contributed by atoms with Crippen LogP contribution < -0.4 is 0 Å². The van der Waals surface area contributed by atoms with Crippen molar-refractivity contribution in [3.05, 3.63) is 34.5 Å². The highest BCUT2D eigenvalue weighted by Crippen LogP contribution is 2.32. The summed E-state index contributed by atoms with van der Waals surface area (Å²) < 4.78 is 1.91. The Morgan fingerprint density at radius 3 is 2.65 bits per heavy atom. The molecule has 0 saturated heterocycles. The van der Waals surface area contributed by atoms with E-state index in [1.807, 2.05) is 16.7 Å². The third-order valence-corrected chi connectivity index (χ3v) is 4.03. The standard InChI is InChI=1S/C16H20ClNO2/c1-4-5-8-18-13-7-6-11(10(2)3)9-12(13)14(15(18)17)16(19)20/h6-7,9-10H,4-5,8H2,1-3H3,(H,19,20). The van der Waals surface area contributed by atoms with Crippen molar-refractivity contribution in [2.45, 2.75) is 46.1 Å².